The van der Waals surface area contributed by atoms with Gasteiger partial charge in [0.1, 0.15) is 11.6 Å². The summed E-state index contributed by atoms with van der Waals surface area (Å²) >= 11 is 0. The van der Waals surface area contributed by atoms with E-state index in [9.17, 15) is 13.6 Å². The average Bonchev–Trinajstić information content (AvgIpc) is 2.20. The maximum Gasteiger partial charge on any atom is 0.225 e. The molecule has 1 aromatic carbocycles. The summed E-state index contributed by atoms with van der Waals surface area (Å²) in [5.74, 6) is -1.58. The molecule has 2 N–H and O–H groups in total. The molecular formula is C10H12F2N2O. The number of carbonyl (C=O) groups is 1. The monoisotopic (exact) mass is 214 g/mol. The Morgan fingerprint density at radius 2 is 2.13 bits per heavy atom. The lowest BCUT2D eigenvalue weighted by Crippen LogP contribution is -2.19. The summed E-state index contributed by atoms with van der Waals surface area (Å²) in [4.78, 5) is 11.2. The number of hydrogen-bond acceptors (Lipinski definition) is 2. The van der Waals surface area contributed by atoms with Gasteiger partial charge in [0.25, 0.3) is 0 Å². The van der Waals surface area contributed by atoms with E-state index in [2.05, 4.69) is 10.6 Å². The molecule has 3 nitrogen and oxygen atoms in total. The van der Waals surface area contributed by atoms with Crippen LogP contribution >= 0.6 is 0 Å². The zero-order valence-electron chi connectivity index (χ0n) is 8.31. The van der Waals surface area contributed by atoms with E-state index < -0.39 is 11.6 Å². The van der Waals surface area contributed by atoms with Gasteiger partial charge in [-0.15, -0.1) is 0 Å². The number of rotatable bonds is 4. The molecule has 0 atom stereocenters. The van der Waals surface area contributed by atoms with Crippen molar-refractivity contribution in [1.82, 2.24) is 5.32 Å². The largest absolute Gasteiger partial charge is 0.323 e. The minimum atomic E-state index is -0.644. The van der Waals surface area contributed by atoms with Crippen molar-refractivity contribution in [2.24, 2.45) is 0 Å². The molecule has 1 rings (SSSR count). The van der Waals surface area contributed by atoms with Gasteiger partial charge in [-0.3, -0.25) is 4.79 Å². The third kappa shape index (κ3) is 3.63. The van der Waals surface area contributed by atoms with Crippen LogP contribution in [-0.4, -0.2) is 19.5 Å². The van der Waals surface area contributed by atoms with E-state index in [-0.39, 0.29) is 18.0 Å². The van der Waals surface area contributed by atoms with Gasteiger partial charge in [-0.1, -0.05) is 0 Å². The summed E-state index contributed by atoms with van der Waals surface area (Å²) in [6.45, 7) is 0.489. The minimum Gasteiger partial charge on any atom is -0.323 e. The molecule has 1 aromatic rings. The smallest absolute Gasteiger partial charge is 0.225 e. The molecule has 0 spiro atoms. The number of hydrogen-bond donors (Lipinski definition) is 2. The first-order valence-electron chi connectivity index (χ1n) is 4.53. The number of amides is 1. The van der Waals surface area contributed by atoms with E-state index in [4.69, 9.17) is 0 Å². The Balaban J connectivity index is 2.63. The van der Waals surface area contributed by atoms with Crippen LogP contribution in [0.5, 0.6) is 0 Å². The molecule has 0 saturated carbocycles. The zero-order valence-corrected chi connectivity index (χ0v) is 8.31. The average molecular weight is 214 g/mol. The minimum absolute atomic E-state index is 0.129. The highest BCUT2D eigenvalue weighted by Gasteiger charge is 2.07. The van der Waals surface area contributed by atoms with Crippen molar-refractivity contribution < 1.29 is 13.6 Å². The number of halogens is 2. The molecule has 0 heterocycles. The van der Waals surface area contributed by atoms with Gasteiger partial charge in [0, 0.05) is 19.0 Å². The van der Waals surface area contributed by atoms with Crippen LogP contribution in [0.4, 0.5) is 14.5 Å². The molecule has 15 heavy (non-hydrogen) atoms. The second kappa shape index (κ2) is 5.41. The van der Waals surface area contributed by atoms with Gasteiger partial charge in [-0.25, -0.2) is 8.78 Å². The van der Waals surface area contributed by atoms with Crippen molar-refractivity contribution in [3.05, 3.63) is 29.8 Å². The SMILES string of the molecule is CNCCC(=O)Nc1cc(F)ccc1F. The van der Waals surface area contributed by atoms with Crippen molar-refractivity contribution >= 4 is 11.6 Å². The van der Waals surface area contributed by atoms with E-state index >= 15 is 0 Å². The molecule has 1 amide bonds. The molecule has 0 fully saturated rings. The van der Waals surface area contributed by atoms with E-state index in [0.717, 1.165) is 18.2 Å². The molecule has 82 valence electrons. The van der Waals surface area contributed by atoms with Crippen LogP contribution in [0.2, 0.25) is 0 Å². The van der Waals surface area contributed by atoms with Gasteiger partial charge >= 0.3 is 0 Å². The van der Waals surface area contributed by atoms with E-state index in [1.807, 2.05) is 0 Å². The van der Waals surface area contributed by atoms with Gasteiger partial charge in [-0.05, 0) is 19.2 Å². The van der Waals surface area contributed by atoms with Crippen molar-refractivity contribution in [2.75, 3.05) is 18.9 Å². The second-order valence-electron chi connectivity index (χ2n) is 3.03. The number of carbonyl (C=O) groups excluding carboxylic acids is 1. The fourth-order valence-corrected chi connectivity index (χ4v) is 1.04. The number of benzene rings is 1. The number of anilines is 1. The van der Waals surface area contributed by atoms with Gasteiger partial charge < -0.3 is 10.6 Å². The predicted octanol–water partition coefficient (Wildman–Crippen LogP) is 1.51. The number of nitrogens with one attached hydrogen (secondary N) is 2. The highest BCUT2D eigenvalue weighted by molar-refractivity contribution is 5.90. The van der Waals surface area contributed by atoms with Crippen LogP contribution < -0.4 is 10.6 Å². The van der Waals surface area contributed by atoms with Crippen LogP contribution in [0.15, 0.2) is 18.2 Å². The van der Waals surface area contributed by atoms with Crippen LogP contribution in [0, 0.1) is 11.6 Å². The molecule has 0 aliphatic rings. The lowest BCUT2D eigenvalue weighted by Gasteiger charge is -2.05. The molecule has 5 heteroatoms. The van der Waals surface area contributed by atoms with E-state index in [0.29, 0.717) is 6.54 Å². The fourth-order valence-electron chi connectivity index (χ4n) is 1.04. The third-order valence-corrected chi connectivity index (χ3v) is 1.80. The molecule has 0 radical (unpaired) electrons. The van der Waals surface area contributed by atoms with Crippen molar-refractivity contribution in [3.63, 3.8) is 0 Å². The summed E-state index contributed by atoms with van der Waals surface area (Å²) in [5.41, 5.74) is -0.129. The fraction of sp³-hybridized carbons (Fsp3) is 0.300. The predicted molar refractivity (Wildman–Crippen MR) is 53.5 cm³/mol. The maximum absolute atomic E-state index is 13.1. The van der Waals surface area contributed by atoms with Gasteiger partial charge in [0.05, 0.1) is 5.69 Å². The van der Waals surface area contributed by atoms with Gasteiger partial charge in [0.15, 0.2) is 0 Å². The molecule has 0 saturated heterocycles. The zero-order chi connectivity index (χ0) is 11.3. The first-order valence-corrected chi connectivity index (χ1v) is 4.53. The van der Waals surface area contributed by atoms with Gasteiger partial charge in [-0.2, -0.15) is 0 Å². The first kappa shape index (κ1) is 11.6. The molecule has 0 aromatic heterocycles. The Bertz CT molecular complexity index is 355. The molecule has 0 aliphatic carbocycles. The van der Waals surface area contributed by atoms with Crippen LogP contribution in [0.3, 0.4) is 0 Å². The lowest BCUT2D eigenvalue weighted by molar-refractivity contribution is -0.116. The topological polar surface area (TPSA) is 41.1 Å². The molecule has 0 unspecified atom stereocenters. The summed E-state index contributed by atoms with van der Waals surface area (Å²) in [6, 6.07) is 2.92. The maximum atomic E-state index is 13.1. The Morgan fingerprint density at radius 3 is 2.80 bits per heavy atom. The summed E-state index contributed by atoms with van der Waals surface area (Å²) < 4.78 is 25.8. The Morgan fingerprint density at radius 1 is 1.40 bits per heavy atom. The Hall–Kier alpha value is -1.49. The first-order chi connectivity index (χ1) is 7.13. The lowest BCUT2D eigenvalue weighted by atomic mass is 10.3. The van der Waals surface area contributed by atoms with E-state index in [1.165, 1.54) is 0 Å². The van der Waals surface area contributed by atoms with E-state index in [1.54, 1.807) is 7.05 Å². The van der Waals surface area contributed by atoms with Crippen molar-refractivity contribution in [3.8, 4) is 0 Å². The Kier molecular flexibility index (Phi) is 4.17. The standard InChI is InChI=1S/C10H12F2N2O/c1-13-5-4-10(15)14-9-6-7(11)2-3-8(9)12/h2-3,6,13H,4-5H2,1H3,(H,14,15). The molecule has 0 aliphatic heterocycles. The van der Waals surface area contributed by atoms with Crippen LogP contribution in [0.1, 0.15) is 6.42 Å². The molecule has 0 bridgehead atoms. The summed E-state index contributed by atoms with van der Waals surface area (Å²) in [5, 5.41) is 5.07. The van der Waals surface area contributed by atoms with Crippen molar-refractivity contribution in [1.29, 1.82) is 0 Å². The third-order valence-electron chi connectivity index (χ3n) is 1.80. The second-order valence-corrected chi connectivity index (χ2v) is 3.03. The highest BCUT2D eigenvalue weighted by atomic mass is 19.1. The van der Waals surface area contributed by atoms with Crippen LogP contribution in [0.25, 0.3) is 0 Å². The normalized spacial score (nSPS) is 10.1. The summed E-state index contributed by atoms with van der Waals surface area (Å²) in [7, 11) is 1.70. The highest BCUT2D eigenvalue weighted by Crippen LogP contribution is 2.15. The Labute approximate surface area is 86.5 Å². The van der Waals surface area contributed by atoms with Crippen molar-refractivity contribution in [2.45, 2.75) is 6.42 Å². The van der Waals surface area contributed by atoms with Gasteiger partial charge in [0.2, 0.25) is 5.91 Å². The molecular weight excluding hydrogens is 202 g/mol. The quantitative estimate of drug-likeness (QED) is 0.797. The van der Waals surface area contributed by atoms with Crippen LogP contribution in [-0.2, 0) is 4.79 Å². The summed E-state index contributed by atoms with van der Waals surface area (Å²) in [6.07, 6.45) is 0.215.